The van der Waals surface area contributed by atoms with Gasteiger partial charge in [-0.2, -0.15) is 4.31 Å². The summed E-state index contributed by atoms with van der Waals surface area (Å²) in [5.41, 5.74) is 1.78. The molecule has 1 aromatic heterocycles. The molecular formula is C28H32FN3O4S. The summed E-state index contributed by atoms with van der Waals surface area (Å²) in [7, 11) is -3.91. The lowest BCUT2D eigenvalue weighted by molar-refractivity contribution is -0.126. The molecule has 9 heteroatoms. The normalized spacial score (nSPS) is 16.2. The van der Waals surface area contributed by atoms with Crippen LogP contribution in [0, 0.1) is 18.7 Å². The molecular weight excluding hydrogens is 493 g/mol. The van der Waals surface area contributed by atoms with Crippen molar-refractivity contribution in [2.24, 2.45) is 5.92 Å². The van der Waals surface area contributed by atoms with Crippen LogP contribution in [0.2, 0.25) is 0 Å². The molecule has 0 radical (unpaired) electrons. The van der Waals surface area contributed by atoms with Crippen LogP contribution in [-0.4, -0.2) is 42.9 Å². The van der Waals surface area contributed by atoms with Crippen molar-refractivity contribution in [1.29, 1.82) is 0 Å². The fraction of sp³-hybridized carbons (Fsp3) is 0.357. The van der Waals surface area contributed by atoms with Crippen molar-refractivity contribution in [3.05, 3.63) is 83.0 Å². The van der Waals surface area contributed by atoms with Crippen LogP contribution in [0.15, 0.2) is 64.0 Å². The second kappa shape index (κ2) is 11.8. The minimum atomic E-state index is -3.91. The molecule has 0 saturated carbocycles. The molecule has 1 unspecified atom stereocenters. The third-order valence-electron chi connectivity index (χ3n) is 6.67. The third-order valence-corrected chi connectivity index (χ3v) is 8.73. The number of carbonyl (C=O) groups excluding carboxylic acids is 1. The van der Waals surface area contributed by atoms with Gasteiger partial charge in [0, 0.05) is 30.6 Å². The Balaban J connectivity index is 1.36. The van der Waals surface area contributed by atoms with Crippen molar-refractivity contribution in [2.75, 3.05) is 13.1 Å². The fourth-order valence-electron chi connectivity index (χ4n) is 4.52. The summed E-state index contributed by atoms with van der Waals surface area (Å²) in [6, 6.07) is 16.3. The number of nitrogens with one attached hydrogen (secondary N) is 1. The molecule has 0 spiro atoms. The first-order valence-corrected chi connectivity index (χ1v) is 13.9. The van der Waals surface area contributed by atoms with Gasteiger partial charge in [0.15, 0.2) is 10.7 Å². The highest BCUT2D eigenvalue weighted by Gasteiger charge is 2.36. The van der Waals surface area contributed by atoms with E-state index < -0.39 is 15.8 Å². The van der Waals surface area contributed by atoms with Crippen LogP contribution in [0.5, 0.6) is 0 Å². The Morgan fingerprint density at radius 3 is 2.51 bits per heavy atom. The standard InChI is InChI=1S/C28H32FN3O4S/c1-20(12-13-22-8-4-3-5-9-22)30-28(33)24-16-18-32(19-17-24)37(34,35)27-21(2)31-36-26(27)15-14-23-10-6-7-11-25(23)29/h3-11,14-15,20,24H,12-13,16-19H2,1-2H3,(H,30,33)/b15-14+. The van der Waals surface area contributed by atoms with Gasteiger partial charge in [-0.25, -0.2) is 12.8 Å². The van der Waals surface area contributed by atoms with Gasteiger partial charge in [0.05, 0.1) is 0 Å². The van der Waals surface area contributed by atoms with Gasteiger partial charge in [0.2, 0.25) is 15.9 Å². The summed E-state index contributed by atoms with van der Waals surface area (Å²) in [5.74, 6) is -0.649. The number of rotatable bonds is 9. The maximum absolute atomic E-state index is 14.0. The average molecular weight is 526 g/mol. The second-order valence-corrected chi connectivity index (χ2v) is 11.3. The van der Waals surface area contributed by atoms with Crippen LogP contribution in [0.3, 0.4) is 0 Å². The Morgan fingerprint density at radius 2 is 1.81 bits per heavy atom. The lowest BCUT2D eigenvalue weighted by atomic mass is 9.96. The molecule has 4 rings (SSSR count). The molecule has 2 aromatic carbocycles. The van der Waals surface area contributed by atoms with Crippen LogP contribution in [-0.2, 0) is 21.2 Å². The van der Waals surface area contributed by atoms with Crippen LogP contribution in [0.4, 0.5) is 4.39 Å². The molecule has 1 saturated heterocycles. The van der Waals surface area contributed by atoms with E-state index in [-0.39, 0.29) is 47.3 Å². The first-order chi connectivity index (χ1) is 17.8. The van der Waals surface area contributed by atoms with Crippen LogP contribution in [0.1, 0.15) is 48.8 Å². The number of hydrogen-bond donors (Lipinski definition) is 1. The maximum Gasteiger partial charge on any atom is 0.248 e. The van der Waals surface area contributed by atoms with Crippen molar-refractivity contribution in [3.8, 4) is 0 Å². The molecule has 7 nitrogen and oxygen atoms in total. The lowest BCUT2D eigenvalue weighted by Gasteiger charge is -2.31. The van der Waals surface area contributed by atoms with E-state index in [0.717, 1.165) is 12.8 Å². The Morgan fingerprint density at radius 1 is 1.14 bits per heavy atom. The Bertz CT molecular complexity index is 1350. The monoisotopic (exact) mass is 525 g/mol. The highest BCUT2D eigenvalue weighted by Crippen LogP contribution is 2.29. The number of aromatic nitrogens is 1. The van der Waals surface area contributed by atoms with Gasteiger partial charge in [0.1, 0.15) is 11.5 Å². The van der Waals surface area contributed by atoms with E-state index in [1.54, 1.807) is 25.1 Å². The zero-order valence-electron chi connectivity index (χ0n) is 21.1. The summed E-state index contributed by atoms with van der Waals surface area (Å²) in [6.45, 7) is 4.00. The van der Waals surface area contributed by atoms with Gasteiger partial charge >= 0.3 is 0 Å². The SMILES string of the molecule is Cc1noc(/C=C/c2ccccc2F)c1S(=O)(=O)N1CCC(C(=O)NC(C)CCc2ccccc2)CC1. The quantitative estimate of drug-likeness (QED) is 0.432. The van der Waals surface area contributed by atoms with Crippen LogP contribution < -0.4 is 5.32 Å². The summed E-state index contributed by atoms with van der Waals surface area (Å²) in [6.07, 6.45) is 5.46. The molecule has 1 N–H and O–H groups in total. The van der Waals surface area contributed by atoms with Crippen LogP contribution in [0.25, 0.3) is 12.2 Å². The Hall–Kier alpha value is -3.30. The minimum absolute atomic E-state index is 0.0259. The van der Waals surface area contributed by atoms with Gasteiger partial charge in [0.25, 0.3) is 0 Å². The number of amides is 1. The molecule has 1 aliphatic heterocycles. The van der Waals surface area contributed by atoms with E-state index in [9.17, 15) is 17.6 Å². The van der Waals surface area contributed by atoms with Gasteiger partial charge in [-0.05, 0) is 63.3 Å². The average Bonchev–Trinajstić information content (AvgIpc) is 3.28. The van der Waals surface area contributed by atoms with E-state index in [0.29, 0.717) is 18.4 Å². The number of halogens is 1. The van der Waals surface area contributed by atoms with Gasteiger partial charge in [-0.15, -0.1) is 0 Å². The highest BCUT2D eigenvalue weighted by atomic mass is 32.2. The first-order valence-electron chi connectivity index (χ1n) is 12.5. The van der Waals surface area contributed by atoms with E-state index >= 15 is 0 Å². The molecule has 196 valence electrons. The summed E-state index contributed by atoms with van der Waals surface area (Å²) < 4.78 is 47.5. The molecule has 1 aliphatic rings. The minimum Gasteiger partial charge on any atom is -0.355 e. The summed E-state index contributed by atoms with van der Waals surface area (Å²) in [5, 5.41) is 6.92. The van der Waals surface area contributed by atoms with Crippen molar-refractivity contribution < 1.29 is 22.1 Å². The molecule has 1 amide bonds. The number of nitrogens with zero attached hydrogens (tertiary/aromatic N) is 2. The maximum atomic E-state index is 14.0. The number of benzene rings is 2. The van der Waals surface area contributed by atoms with Crippen molar-refractivity contribution in [3.63, 3.8) is 0 Å². The Kier molecular flexibility index (Phi) is 8.56. The van der Waals surface area contributed by atoms with Gasteiger partial charge in [-0.3, -0.25) is 4.79 Å². The van der Waals surface area contributed by atoms with Gasteiger partial charge in [-0.1, -0.05) is 53.7 Å². The van der Waals surface area contributed by atoms with Crippen molar-refractivity contribution >= 4 is 28.1 Å². The number of carbonyl (C=O) groups is 1. The van der Waals surface area contributed by atoms with E-state index in [4.69, 9.17) is 4.52 Å². The van der Waals surface area contributed by atoms with E-state index in [2.05, 4.69) is 22.6 Å². The third kappa shape index (κ3) is 6.53. The van der Waals surface area contributed by atoms with E-state index in [1.807, 2.05) is 25.1 Å². The molecule has 3 aromatic rings. The van der Waals surface area contributed by atoms with Gasteiger partial charge < -0.3 is 9.84 Å². The topological polar surface area (TPSA) is 92.5 Å². The largest absolute Gasteiger partial charge is 0.355 e. The Labute approximate surface area is 217 Å². The fourth-order valence-corrected chi connectivity index (χ4v) is 6.24. The molecule has 1 fully saturated rings. The van der Waals surface area contributed by atoms with Crippen molar-refractivity contribution in [1.82, 2.24) is 14.8 Å². The summed E-state index contributed by atoms with van der Waals surface area (Å²) >= 11 is 0. The number of sulfonamides is 1. The zero-order chi connectivity index (χ0) is 26.4. The predicted molar refractivity (Wildman–Crippen MR) is 140 cm³/mol. The number of hydrogen-bond acceptors (Lipinski definition) is 5. The zero-order valence-corrected chi connectivity index (χ0v) is 21.9. The summed E-state index contributed by atoms with van der Waals surface area (Å²) in [4.78, 5) is 12.8. The number of aryl methyl sites for hydroxylation is 2. The van der Waals surface area contributed by atoms with Crippen LogP contribution >= 0.6 is 0 Å². The molecule has 37 heavy (non-hydrogen) atoms. The second-order valence-electron chi connectivity index (χ2n) is 9.43. The molecule has 0 bridgehead atoms. The molecule has 1 atom stereocenters. The predicted octanol–water partition coefficient (Wildman–Crippen LogP) is 4.83. The lowest BCUT2D eigenvalue weighted by Crippen LogP contribution is -2.45. The first kappa shape index (κ1) is 26.8. The molecule has 2 heterocycles. The smallest absolute Gasteiger partial charge is 0.248 e. The number of piperidine rings is 1. The highest BCUT2D eigenvalue weighted by molar-refractivity contribution is 7.89. The van der Waals surface area contributed by atoms with Crippen molar-refractivity contribution in [2.45, 2.75) is 50.5 Å². The molecule has 0 aliphatic carbocycles. The van der Waals surface area contributed by atoms with E-state index in [1.165, 1.54) is 28.1 Å².